The zero-order chi connectivity index (χ0) is 12.3. The van der Waals surface area contributed by atoms with Gasteiger partial charge in [0.15, 0.2) is 0 Å². The zero-order valence-electron chi connectivity index (χ0n) is 8.78. The van der Waals surface area contributed by atoms with Crippen molar-refractivity contribution in [3.05, 3.63) is 27.7 Å². The lowest BCUT2D eigenvalue weighted by molar-refractivity contribution is 0.153. The van der Waals surface area contributed by atoms with Crippen LogP contribution in [0.5, 0.6) is 5.75 Å². The number of rotatable bonds is 4. The number of nitrogens with two attached hydrogens (primary N) is 2. The van der Waals surface area contributed by atoms with Crippen LogP contribution in [0.3, 0.4) is 0 Å². The van der Waals surface area contributed by atoms with Gasteiger partial charge in [0.2, 0.25) is 0 Å². The fraction of sp³-hybridized carbons (Fsp3) is 0.400. The molecule has 0 saturated carbocycles. The van der Waals surface area contributed by atoms with Crippen molar-refractivity contribution in [3.8, 4) is 5.75 Å². The van der Waals surface area contributed by atoms with Gasteiger partial charge in [0, 0.05) is 6.54 Å². The van der Waals surface area contributed by atoms with E-state index < -0.39 is 12.1 Å². The second-order valence-electron chi connectivity index (χ2n) is 3.31. The van der Waals surface area contributed by atoms with E-state index in [2.05, 4.69) is 0 Å². The Morgan fingerprint density at radius 2 is 2.00 bits per heavy atom. The van der Waals surface area contributed by atoms with E-state index in [1.165, 1.54) is 7.11 Å². The number of benzene rings is 1. The molecule has 1 aromatic carbocycles. The molecule has 1 rings (SSSR count). The Balaban J connectivity index is 3.11. The molecule has 0 heterocycles. The van der Waals surface area contributed by atoms with Gasteiger partial charge in [-0.3, -0.25) is 0 Å². The molecular formula is C10H14Cl2N2O2. The zero-order valence-corrected chi connectivity index (χ0v) is 10.3. The molecule has 5 N–H and O–H groups in total. The standard InChI is InChI=1S/C10H14Cl2N2O2/c1-16-7-3-2-5(8(11)9(7)12)10(14)6(15)4-13/h2-3,6,10,15H,4,13-14H2,1H3. The van der Waals surface area contributed by atoms with Crippen LogP contribution in [0.2, 0.25) is 10.0 Å². The Kier molecular flexibility index (Phi) is 4.83. The maximum Gasteiger partial charge on any atom is 0.139 e. The van der Waals surface area contributed by atoms with Crippen molar-refractivity contribution in [1.29, 1.82) is 0 Å². The van der Waals surface area contributed by atoms with Gasteiger partial charge in [0.05, 0.1) is 24.3 Å². The molecule has 0 bridgehead atoms. The largest absolute Gasteiger partial charge is 0.495 e. The second-order valence-corrected chi connectivity index (χ2v) is 4.07. The maximum atomic E-state index is 9.54. The molecule has 0 amide bonds. The summed E-state index contributed by atoms with van der Waals surface area (Å²) in [6, 6.07) is 2.64. The van der Waals surface area contributed by atoms with Gasteiger partial charge >= 0.3 is 0 Å². The number of ether oxygens (including phenoxy) is 1. The molecule has 0 aliphatic rings. The first-order valence-electron chi connectivity index (χ1n) is 4.68. The molecule has 0 aliphatic carbocycles. The van der Waals surface area contributed by atoms with Crippen molar-refractivity contribution in [1.82, 2.24) is 0 Å². The van der Waals surface area contributed by atoms with E-state index in [1.807, 2.05) is 0 Å². The smallest absolute Gasteiger partial charge is 0.139 e. The number of hydrogen-bond acceptors (Lipinski definition) is 4. The van der Waals surface area contributed by atoms with Crippen molar-refractivity contribution >= 4 is 23.2 Å². The minimum Gasteiger partial charge on any atom is -0.495 e. The summed E-state index contributed by atoms with van der Waals surface area (Å²) in [6.45, 7) is 0.0567. The van der Waals surface area contributed by atoms with Crippen molar-refractivity contribution in [2.24, 2.45) is 11.5 Å². The summed E-state index contributed by atoms with van der Waals surface area (Å²) in [6.07, 6.45) is -0.859. The molecule has 2 unspecified atom stereocenters. The van der Waals surface area contributed by atoms with Gasteiger partial charge in [0.1, 0.15) is 10.8 Å². The molecule has 6 heteroatoms. The van der Waals surface area contributed by atoms with Gasteiger partial charge in [-0.1, -0.05) is 29.3 Å². The predicted molar refractivity (Wildman–Crippen MR) is 65.0 cm³/mol. The summed E-state index contributed by atoms with van der Waals surface area (Å²) < 4.78 is 5.00. The molecular weight excluding hydrogens is 251 g/mol. The normalized spacial score (nSPS) is 14.6. The van der Waals surface area contributed by atoms with E-state index in [0.29, 0.717) is 11.3 Å². The maximum absolute atomic E-state index is 9.54. The summed E-state index contributed by atoms with van der Waals surface area (Å²) in [7, 11) is 1.49. The second kappa shape index (κ2) is 5.70. The molecule has 0 radical (unpaired) electrons. The first-order chi connectivity index (χ1) is 7.52. The monoisotopic (exact) mass is 264 g/mol. The summed E-state index contributed by atoms with van der Waals surface area (Å²) in [5.41, 5.74) is 11.7. The highest BCUT2D eigenvalue weighted by Crippen LogP contribution is 2.37. The molecule has 1 aromatic rings. The van der Waals surface area contributed by atoms with Crippen LogP contribution in [0.25, 0.3) is 0 Å². The third-order valence-corrected chi connectivity index (χ3v) is 3.19. The van der Waals surface area contributed by atoms with E-state index in [-0.39, 0.29) is 16.6 Å². The van der Waals surface area contributed by atoms with Gasteiger partial charge < -0.3 is 21.3 Å². The van der Waals surface area contributed by atoms with Gasteiger partial charge in [-0.15, -0.1) is 0 Å². The molecule has 2 atom stereocenters. The Morgan fingerprint density at radius 3 is 2.50 bits per heavy atom. The number of methoxy groups -OCH3 is 1. The van der Waals surface area contributed by atoms with Crippen LogP contribution in [0, 0.1) is 0 Å². The first kappa shape index (κ1) is 13.5. The molecule has 16 heavy (non-hydrogen) atoms. The lowest BCUT2D eigenvalue weighted by atomic mass is 10.0. The average molecular weight is 265 g/mol. The Labute approximate surface area is 104 Å². The molecule has 0 spiro atoms. The number of aliphatic hydroxyl groups is 1. The van der Waals surface area contributed by atoms with Crippen LogP contribution < -0.4 is 16.2 Å². The topological polar surface area (TPSA) is 81.5 Å². The first-order valence-corrected chi connectivity index (χ1v) is 5.44. The van der Waals surface area contributed by atoms with Crippen molar-refractivity contribution in [3.63, 3.8) is 0 Å². The highest BCUT2D eigenvalue weighted by Gasteiger charge is 2.20. The van der Waals surface area contributed by atoms with E-state index in [1.54, 1.807) is 12.1 Å². The van der Waals surface area contributed by atoms with E-state index in [4.69, 9.17) is 39.4 Å². The van der Waals surface area contributed by atoms with Crippen LogP contribution in [-0.2, 0) is 0 Å². The van der Waals surface area contributed by atoms with Crippen LogP contribution in [-0.4, -0.2) is 24.9 Å². The predicted octanol–water partition coefficient (Wildman–Crippen LogP) is 1.32. The third-order valence-electron chi connectivity index (χ3n) is 2.31. The average Bonchev–Trinajstić information content (AvgIpc) is 2.30. The molecule has 0 aromatic heterocycles. The van der Waals surface area contributed by atoms with Crippen LogP contribution in [0.1, 0.15) is 11.6 Å². The molecule has 0 saturated heterocycles. The Morgan fingerprint density at radius 1 is 1.38 bits per heavy atom. The Bertz CT molecular complexity index is 374. The SMILES string of the molecule is COc1ccc(C(N)C(O)CN)c(Cl)c1Cl. The highest BCUT2D eigenvalue weighted by molar-refractivity contribution is 6.43. The van der Waals surface area contributed by atoms with Gasteiger partial charge in [-0.25, -0.2) is 0 Å². The fourth-order valence-electron chi connectivity index (χ4n) is 1.32. The molecule has 0 fully saturated rings. The van der Waals surface area contributed by atoms with Crippen molar-refractivity contribution < 1.29 is 9.84 Å². The summed E-state index contributed by atoms with van der Waals surface area (Å²) in [5.74, 6) is 0.463. The van der Waals surface area contributed by atoms with E-state index in [0.717, 1.165) is 0 Å². The summed E-state index contributed by atoms with van der Waals surface area (Å²) >= 11 is 12.0. The minimum atomic E-state index is -0.859. The third kappa shape index (κ3) is 2.59. The molecule has 0 aliphatic heterocycles. The van der Waals surface area contributed by atoms with Crippen molar-refractivity contribution in [2.75, 3.05) is 13.7 Å². The lowest BCUT2D eigenvalue weighted by Gasteiger charge is -2.19. The van der Waals surface area contributed by atoms with Gasteiger partial charge in [0.25, 0.3) is 0 Å². The number of aliphatic hydroxyl groups excluding tert-OH is 1. The summed E-state index contributed by atoms with van der Waals surface area (Å²) in [5, 5.41) is 10.1. The minimum absolute atomic E-state index is 0.0567. The fourth-order valence-corrected chi connectivity index (χ4v) is 1.85. The van der Waals surface area contributed by atoms with Crippen LogP contribution >= 0.6 is 23.2 Å². The van der Waals surface area contributed by atoms with Crippen molar-refractivity contribution in [2.45, 2.75) is 12.1 Å². The Hall–Kier alpha value is -0.520. The lowest BCUT2D eigenvalue weighted by Crippen LogP contribution is -2.32. The number of hydrogen-bond donors (Lipinski definition) is 3. The van der Waals surface area contributed by atoms with E-state index >= 15 is 0 Å². The van der Waals surface area contributed by atoms with Crippen LogP contribution in [0.4, 0.5) is 0 Å². The summed E-state index contributed by atoms with van der Waals surface area (Å²) in [4.78, 5) is 0. The van der Waals surface area contributed by atoms with E-state index in [9.17, 15) is 5.11 Å². The molecule has 90 valence electrons. The van der Waals surface area contributed by atoms with Gasteiger partial charge in [-0.2, -0.15) is 0 Å². The molecule has 4 nitrogen and oxygen atoms in total. The highest BCUT2D eigenvalue weighted by atomic mass is 35.5. The van der Waals surface area contributed by atoms with Gasteiger partial charge in [-0.05, 0) is 11.6 Å². The number of halogens is 2. The quantitative estimate of drug-likeness (QED) is 0.766. The van der Waals surface area contributed by atoms with Crippen LogP contribution in [0.15, 0.2) is 12.1 Å².